The number of hydrogen-bond acceptors (Lipinski definition) is 8. The summed E-state index contributed by atoms with van der Waals surface area (Å²) in [6.45, 7) is 30.7. The van der Waals surface area contributed by atoms with Gasteiger partial charge in [-0.3, -0.25) is 14.4 Å². The number of phenols is 2. The second-order valence-corrected chi connectivity index (χ2v) is 22.5. The molecule has 0 fully saturated rings. The Kier molecular flexibility index (Phi) is 18.4. The molecule has 0 saturated carbocycles. The van der Waals surface area contributed by atoms with Crippen molar-refractivity contribution in [3.8, 4) is 28.7 Å². The SMILES string of the molecule is CC(=O)Nc1ccc(OP(Oc2ccc(NC(=O)Cc3cc(C)c(O)c(C(C)(C)C)c3)cc2)Oc2ccc(NC(=O)Cc3cc(C)c(O)c(C(C)(C)C)c3)cc2)cc1.CCc1cc(C)c(C)c(C(C)(C)C)c1. The summed E-state index contributed by atoms with van der Waals surface area (Å²) in [6, 6.07) is 32.5. The molecule has 0 atom stereocenters. The van der Waals surface area contributed by atoms with Crippen LogP contribution in [0.2, 0.25) is 0 Å². The van der Waals surface area contributed by atoms with E-state index in [0.717, 1.165) is 39.8 Å². The van der Waals surface area contributed by atoms with Crippen LogP contribution in [0.1, 0.15) is 132 Å². The third kappa shape index (κ3) is 16.1. The number of aromatic hydroxyl groups is 2. The quantitative estimate of drug-likeness (QED) is 0.0676. The van der Waals surface area contributed by atoms with E-state index in [9.17, 15) is 24.6 Å². The van der Waals surface area contributed by atoms with Crippen LogP contribution in [-0.4, -0.2) is 27.9 Å². The van der Waals surface area contributed by atoms with Gasteiger partial charge in [0.1, 0.15) is 28.7 Å². The maximum Gasteiger partial charge on any atom is 0.530 e. The predicted octanol–water partition coefficient (Wildman–Crippen LogP) is 14.6. The molecule has 0 aliphatic rings. The van der Waals surface area contributed by atoms with Gasteiger partial charge in [-0.25, -0.2) is 0 Å². The Morgan fingerprint density at radius 3 is 1.11 bits per heavy atom. The van der Waals surface area contributed by atoms with Crippen molar-refractivity contribution < 1.29 is 38.2 Å². The molecule has 0 aliphatic heterocycles. The van der Waals surface area contributed by atoms with Gasteiger partial charge < -0.3 is 39.7 Å². The third-order valence-electron chi connectivity index (χ3n) is 12.0. The fraction of sp³-hybridized carbons (Fsp3) is 0.350. The number of hydrogen-bond donors (Lipinski definition) is 5. The molecule has 11 nitrogen and oxygen atoms in total. The summed E-state index contributed by atoms with van der Waals surface area (Å²) in [5.41, 5.74) is 11.9. The number of benzene rings is 6. The molecule has 0 saturated heterocycles. The molecule has 6 rings (SSSR count). The number of carbonyl (C=O) groups excluding carboxylic acids is 3. The molecule has 0 radical (unpaired) electrons. The van der Waals surface area contributed by atoms with Crippen LogP contribution in [0.25, 0.3) is 0 Å². The summed E-state index contributed by atoms with van der Waals surface area (Å²) in [5, 5.41) is 29.7. The van der Waals surface area contributed by atoms with Gasteiger partial charge >= 0.3 is 8.60 Å². The van der Waals surface area contributed by atoms with Crippen LogP contribution in [-0.2, 0) is 49.9 Å². The van der Waals surface area contributed by atoms with Crippen LogP contribution in [0.5, 0.6) is 28.7 Å². The van der Waals surface area contributed by atoms with Gasteiger partial charge in [0.05, 0.1) is 12.8 Å². The summed E-state index contributed by atoms with van der Waals surface area (Å²) in [5.74, 6) is 1.16. The molecule has 0 heterocycles. The Hall–Kier alpha value is -6.84. The standard InChI is InChI=1S/C46H52N3O8P.C14H22/c1-28-22-31(24-39(43(28)53)45(4,5)6)26-41(51)48-34-12-18-37(19-13-34)56-58(55-36-16-10-33(11-17-36)47-30(3)50)57-38-20-14-35(15-21-38)49-42(52)27-32-23-29(2)44(54)40(25-32)46(7,8)9;1-7-12-8-10(2)11(3)13(9-12)14(4,5)6/h10-25,53-54H,26-27H2,1-9H3,(H,47,50)(H,48,51)(H,49,52);8-9H,7H2,1-6H3. The van der Waals surface area contributed by atoms with Gasteiger partial charge in [-0.15, -0.1) is 0 Å². The molecule has 0 aromatic heterocycles. The number of aryl methyl sites for hydroxylation is 4. The largest absolute Gasteiger partial charge is 0.530 e. The van der Waals surface area contributed by atoms with E-state index >= 15 is 0 Å². The number of nitrogens with one attached hydrogen (secondary N) is 3. The van der Waals surface area contributed by atoms with Crippen molar-refractivity contribution >= 4 is 43.4 Å². The van der Waals surface area contributed by atoms with Gasteiger partial charge in [-0.2, -0.15) is 0 Å². The van der Waals surface area contributed by atoms with Crippen LogP contribution in [0.3, 0.4) is 0 Å². The van der Waals surface area contributed by atoms with E-state index in [-0.39, 0.29) is 58.3 Å². The van der Waals surface area contributed by atoms with E-state index in [1.54, 1.807) is 72.8 Å². The number of amides is 3. The van der Waals surface area contributed by atoms with Crippen molar-refractivity contribution in [1.82, 2.24) is 0 Å². The molecule has 12 heteroatoms. The Morgan fingerprint density at radius 1 is 0.472 bits per heavy atom. The lowest BCUT2D eigenvalue weighted by molar-refractivity contribution is -0.116. The van der Waals surface area contributed by atoms with Gasteiger partial charge in [0.2, 0.25) is 17.7 Å². The van der Waals surface area contributed by atoms with Crippen LogP contribution in [0.4, 0.5) is 17.1 Å². The van der Waals surface area contributed by atoms with Gasteiger partial charge in [0.15, 0.2) is 0 Å². The van der Waals surface area contributed by atoms with Crippen molar-refractivity contribution in [3.63, 3.8) is 0 Å². The highest BCUT2D eigenvalue weighted by molar-refractivity contribution is 7.43. The van der Waals surface area contributed by atoms with E-state index in [0.29, 0.717) is 34.3 Å². The van der Waals surface area contributed by atoms with Gasteiger partial charge in [0, 0.05) is 24.0 Å². The Bertz CT molecular complexity index is 2720. The maximum atomic E-state index is 13.0. The molecular weight excluding hydrogens is 922 g/mol. The minimum Gasteiger partial charge on any atom is -0.507 e. The first-order valence-electron chi connectivity index (χ1n) is 24.4. The van der Waals surface area contributed by atoms with Gasteiger partial charge in [-0.05, 0) is 179 Å². The first kappa shape index (κ1) is 56.1. The fourth-order valence-corrected chi connectivity index (χ4v) is 9.06. The van der Waals surface area contributed by atoms with Crippen molar-refractivity contribution in [3.05, 3.63) is 165 Å². The molecule has 0 bridgehead atoms. The zero-order chi connectivity index (χ0) is 53.3. The lowest BCUT2D eigenvalue weighted by atomic mass is 9.81. The third-order valence-corrected chi connectivity index (χ3v) is 13.1. The molecule has 0 aliphatic carbocycles. The van der Waals surface area contributed by atoms with Gasteiger partial charge in [0.25, 0.3) is 0 Å². The summed E-state index contributed by atoms with van der Waals surface area (Å²) in [6.07, 6.45) is 1.40. The first-order chi connectivity index (χ1) is 33.6. The molecule has 6 aromatic carbocycles. The highest BCUT2D eigenvalue weighted by Gasteiger charge is 2.24. The highest BCUT2D eigenvalue weighted by atomic mass is 31.2. The summed E-state index contributed by atoms with van der Waals surface area (Å²) >= 11 is 0. The molecule has 3 amide bonds. The summed E-state index contributed by atoms with van der Waals surface area (Å²) in [4.78, 5) is 37.6. The molecule has 6 aromatic rings. The molecule has 0 unspecified atom stereocenters. The number of rotatable bonds is 14. The highest BCUT2D eigenvalue weighted by Crippen LogP contribution is 2.43. The Labute approximate surface area is 428 Å². The Morgan fingerprint density at radius 2 is 0.792 bits per heavy atom. The molecule has 5 N–H and O–H groups in total. The van der Waals surface area contributed by atoms with Crippen molar-refractivity contribution in [1.29, 1.82) is 0 Å². The van der Waals surface area contributed by atoms with Crippen LogP contribution >= 0.6 is 8.60 Å². The Balaban J connectivity index is 0.000000592. The minimum atomic E-state index is -2.08. The molecule has 382 valence electrons. The van der Waals surface area contributed by atoms with E-state index < -0.39 is 8.60 Å². The van der Waals surface area contributed by atoms with Crippen molar-refractivity contribution in [2.24, 2.45) is 0 Å². The predicted molar refractivity (Wildman–Crippen MR) is 294 cm³/mol. The topological polar surface area (TPSA) is 155 Å². The van der Waals surface area contributed by atoms with E-state index in [2.05, 4.69) is 69.6 Å². The average molecular weight is 996 g/mol. The lowest BCUT2D eigenvalue weighted by Gasteiger charge is -2.24. The van der Waals surface area contributed by atoms with Crippen LogP contribution < -0.4 is 29.5 Å². The molecule has 0 spiro atoms. The van der Waals surface area contributed by atoms with Gasteiger partial charge in [-0.1, -0.05) is 106 Å². The molecule has 72 heavy (non-hydrogen) atoms. The summed E-state index contributed by atoms with van der Waals surface area (Å²) < 4.78 is 18.5. The number of anilines is 3. The minimum absolute atomic E-state index is 0.134. The fourth-order valence-electron chi connectivity index (χ4n) is 8.07. The maximum absolute atomic E-state index is 13.0. The number of phenolic OH excluding ortho intramolecular Hbond substituents is 2. The average Bonchev–Trinajstić information content (AvgIpc) is 3.27. The summed E-state index contributed by atoms with van der Waals surface area (Å²) in [7, 11) is -2.08. The zero-order valence-corrected chi connectivity index (χ0v) is 45.7. The number of carbonyl (C=O) groups is 3. The molecular formula is C60H74N3O8P. The first-order valence-corrected chi connectivity index (χ1v) is 25.5. The van der Waals surface area contributed by atoms with Crippen molar-refractivity contribution in [2.75, 3.05) is 16.0 Å². The smallest absolute Gasteiger partial charge is 0.507 e. The monoisotopic (exact) mass is 996 g/mol. The second kappa shape index (κ2) is 23.6. The van der Waals surface area contributed by atoms with Crippen LogP contribution in [0, 0.1) is 27.7 Å². The second-order valence-electron chi connectivity index (χ2n) is 21.5. The van der Waals surface area contributed by atoms with Crippen LogP contribution in [0.15, 0.2) is 109 Å². The lowest BCUT2D eigenvalue weighted by Crippen LogP contribution is -2.16. The van der Waals surface area contributed by atoms with Crippen molar-refractivity contribution in [2.45, 2.75) is 139 Å². The van der Waals surface area contributed by atoms with E-state index in [1.807, 2.05) is 79.7 Å². The van der Waals surface area contributed by atoms with E-state index in [4.69, 9.17) is 13.6 Å². The van der Waals surface area contributed by atoms with E-state index in [1.165, 1.54) is 29.2 Å². The zero-order valence-electron chi connectivity index (χ0n) is 44.8. The normalized spacial score (nSPS) is 11.6.